The number of thiazole rings is 1. The first kappa shape index (κ1) is 17.3. The van der Waals surface area contributed by atoms with E-state index in [9.17, 15) is 9.59 Å². The van der Waals surface area contributed by atoms with Crippen molar-refractivity contribution >= 4 is 57.3 Å². The molecule has 0 spiro atoms. The number of hydrogen-bond donors (Lipinski definition) is 1. The normalized spacial score (nSPS) is 17.3. The Labute approximate surface area is 153 Å². The molecule has 24 heavy (non-hydrogen) atoms. The largest absolute Gasteiger partial charge is 0.312 e. The number of carbonyl (C=O) groups is 2. The van der Waals surface area contributed by atoms with Crippen LogP contribution in [0.4, 0.5) is 10.8 Å². The molecule has 0 aliphatic carbocycles. The van der Waals surface area contributed by atoms with Crippen molar-refractivity contribution in [1.82, 2.24) is 4.98 Å². The predicted octanol–water partition coefficient (Wildman–Crippen LogP) is 3.65. The molecule has 1 atom stereocenters. The Balaban J connectivity index is 1.64. The van der Waals surface area contributed by atoms with Gasteiger partial charge >= 0.3 is 0 Å². The van der Waals surface area contributed by atoms with Crippen LogP contribution in [-0.2, 0) is 15.3 Å². The monoisotopic (exact) mass is 381 g/mol. The van der Waals surface area contributed by atoms with E-state index in [1.807, 2.05) is 11.6 Å². The van der Waals surface area contributed by atoms with Gasteiger partial charge in [0.05, 0.1) is 11.6 Å². The zero-order valence-corrected chi connectivity index (χ0v) is 15.4. The van der Waals surface area contributed by atoms with Crippen molar-refractivity contribution in [3.05, 3.63) is 40.4 Å². The maximum absolute atomic E-state index is 12.4. The minimum Gasteiger partial charge on any atom is -0.312 e. The Hall–Kier alpha value is -1.57. The first-order valence-electron chi connectivity index (χ1n) is 7.37. The Morgan fingerprint density at radius 1 is 1.46 bits per heavy atom. The lowest BCUT2D eigenvalue weighted by molar-refractivity contribution is -0.122. The zero-order valence-electron chi connectivity index (χ0n) is 13.0. The fourth-order valence-corrected chi connectivity index (χ4v) is 3.93. The highest BCUT2D eigenvalue weighted by molar-refractivity contribution is 7.97. The Kier molecular flexibility index (Phi) is 5.43. The van der Waals surface area contributed by atoms with Crippen LogP contribution in [0, 0.1) is 5.92 Å². The van der Waals surface area contributed by atoms with Crippen LogP contribution in [0.1, 0.15) is 12.1 Å². The molecule has 1 unspecified atom stereocenters. The lowest BCUT2D eigenvalue weighted by Crippen LogP contribution is -2.28. The minimum atomic E-state index is -0.374. The maximum Gasteiger partial charge on any atom is 0.231 e. The standard InChI is InChI=1S/C16H16ClN3O2S2/c1-23-8-12-9-24-16(18-12)19-15(22)10-6-14(21)20(7-10)13-4-2-11(17)3-5-13/h2-5,9-10H,6-8H2,1H3,(H,18,19,22). The van der Waals surface area contributed by atoms with Gasteiger partial charge in [0.25, 0.3) is 0 Å². The van der Waals surface area contributed by atoms with E-state index in [1.165, 1.54) is 11.3 Å². The molecule has 5 nitrogen and oxygen atoms in total. The number of thioether (sulfide) groups is 1. The molecule has 126 valence electrons. The fourth-order valence-electron chi connectivity index (χ4n) is 2.54. The van der Waals surface area contributed by atoms with Crippen molar-refractivity contribution in [2.75, 3.05) is 23.0 Å². The molecule has 2 amide bonds. The van der Waals surface area contributed by atoms with Crippen LogP contribution in [0.5, 0.6) is 0 Å². The molecule has 0 radical (unpaired) electrons. The summed E-state index contributed by atoms with van der Waals surface area (Å²) in [5, 5.41) is 5.96. The molecule has 1 aliphatic rings. The molecule has 8 heteroatoms. The summed E-state index contributed by atoms with van der Waals surface area (Å²) < 4.78 is 0. The summed E-state index contributed by atoms with van der Waals surface area (Å²) in [4.78, 5) is 30.6. The molecule has 1 aromatic heterocycles. The van der Waals surface area contributed by atoms with Gasteiger partial charge in [-0.1, -0.05) is 11.6 Å². The third-order valence-electron chi connectivity index (χ3n) is 3.71. The lowest BCUT2D eigenvalue weighted by Gasteiger charge is -2.16. The number of hydrogen-bond acceptors (Lipinski definition) is 5. The molecule has 1 aliphatic heterocycles. The lowest BCUT2D eigenvalue weighted by atomic mass is 10.1. The summed E-state index contributed by atoms with van der Waals surface area (Å²) in [7, 11) is 0. The minimum absolute atomic E-state index is 0.0558. The van der Waals surface area contributed by atoms with Gasteiger partial charge in [-0.05, 0) is 30.5 Å². The van der Waals surface area contributed by atoms with Gasteiger partial charge in [-0.15, -0.1) is 11.3 Å². The van der Waals surface area contributed by atoms with E-state index < -0.39 is 0 Å². The average Bonchev–Trinajstić information content (AvgIpc) is 3.15. The first-order valence-corrected chi connectivity index (χ1v) is 10.0. The van der Waals surface area contributed by atoms with Gasteiger partial charge in [-0.2, -0.15) is 11.8 Å². The number of anilines is 2. The van der Waals surface area contributed by atoms with E-state index in [1.54, 1.807) is 40.9 Å². The number of amides is 2. The van der Waals surface area contributed by atoms with Gasteiger partial charge in [-0.3, -0.25) is 9.59 Å². The molecule has 1 saturated heterocycles. The number of benzene rings is 1. The maximum atomic E-state index is 12.4. The summed E-state index contributed by atoms with van der Waals surface area (Å²) >= 11 is 8.96. The fraction of sp³-hybridized carbons (Fsp3) is 0.312. The molecule has 2 aromatic rings. The molecule has 1 fully saturated rings. The highest BCUT2D eigenvalue weighted by Crippen LogP contribution is 2.27. The Morgan fingerprint density at radius 3 is 2.92 bits per heavy atom. The summed E-state index contributed by atoms with van der Waals surface area (Å²) in [6, 6.07) is 7.05. The van der Waals surface area contributed by atoms with Gasteiger partial charge < -0.3 is 10.2 Å². The van der Waals surface area contributed by atoms with Crippen molar-refractivity contribution in [1.29, 1.82) is 0 Å². The first-order chi connectivity index (χ1) is 11.6. The molecule has 0 bridgehead atoms. The second-order valence-electron chi connectivity index (χ2n) is 5.45. The summed E-state index contributed by atoms with van der Waals surface area (Å²) in [5.74, 6) is 0.226. The van der Waals surface area contributed by atoms with Crippen molar-refractivity contribution in [3.8, 4) is 0 Å². The van der Waals surface area contributed by atoms with E-state index in [0.29, 0.717) is 16.7 Å². The van der Waals surface area contributed by atoms with Crippen LogP contribution < -0.4 is 10.2 Å². The molecule has 3 rings (SSSR count). The van der Waals surface area contributed by atoms with E-state index in [4.69, 9.17) is 11.6 Å². The highest BCUT2D eigenvalue weighted by Gasteiger charge is 2.35. The highest BCUT2D eigenvalue weighted by atomic mass is 35.5. The quantitative estimate of drug-likeness (QED) is 0.858. The molecule has 2 heterocycles. The third-order valence-corrected chi connectivity index (χ3v) is 5.35. The molecule has 0 saturated carbocycles. The zero-order chi connectivity index (χ0) is 17.1. The van der Waals surface area contributed by atoms with Crippen LogP contribution in [0.2, 0.25) is 5.02 Å². The van der Waals surface area contributed by atoms with E-state index in [-0.39, 0.29) is 24.2 Å². The van der Waals surface area contributed by atoms with Crippen molar-refractivity contribution in [2.24, 2.45) is 5.92 Å². The van der Waals surface area contributed by atoms with Crippen molar-refractivity contribution in [3.63, 3.8) is 0 Å². The molecule has 1 N–H and O–H groups in total. The van der Waals surface area contributed by atoms with Crippen LogP contribution in [0.3, 0.4) is 0 Å². The number of halogens is 1. The van der Waals surface area contributed by atoms with E-state index in [0.717, 1.165) is 17.1 Å². The van der Waals surface area contributed by atoms with Crippen LogP contribution in [0.15, 0.2) is 29.6 Å². The van der Waals surface area contributed by atoms with Gasteiger partial charge in [0.15, 0.2) is 5.13 Å². The topological polar surface area (TPSA) is 62.3 Å². The van der Waals surface area contributed by atoms with Crippen molar-refractivity contribution in [2.45, 2.75) is 12.2 Å². The number of carbonyl (C=O) groups excluding carboxylic acids is 2. The number of rotatable bonds is 5. The smallest absolute Gasteiger partial charge is 0.231 e. The second-order valence-corrected chi connectivity index (χ2v) is 7.61. The number of nitrogens with one attached hydrogen (secondary N) is 1. The van der Waals surface area contributed by atoms with Crippen molar-refractivity contribution < 1.29 is 9.59 Å². The van der Waals surface area contributed by atoms with E-state index >= 15 is 0 Å². The van der Waals surface area contributed by atoms with Gasteiger partial charge in [0.2, 0.25) is 11.8 Å². The number of aromatic nitrogens is 1. The van der Waals surface area contributed by atoms with Crippen LogP contribution in [0.25, 0.3) is 0 Å². The SMILES string of the molecule is CSCc1csc(NC(=O)C2CC(=O)N(c3ccc(Cl)cc3)C2)n1. The van der Waals surface area contributed by atoms with Crippen LogP contribution in [-0.4, -0.2) is 29.6 Å². The van der Waals surface area contributed by atoms with Gasteiger partial charge in [0.1, 0.15) is 0 Å². The van der Waals surface area contributed by atoms with Gasteiger partial charge in [-0.25, -0.2) is 4.98 Å². The Morgan fingerprint density at radius 2 is 2.21 bits per heavy atom. The van der Waals surface area contributed by atoms with Gasteiger partial charge in [0, 0.05) is 34.8 Å². The summed E-state index contributed by atoms with van der Waals surface area (Å²) in [6.07, 6.45) is 2.21. The summed E-state index contributed by atoms with van der Waals surface area (Å²) in [5.41, 5.74) is 1.71. The summed E-state index contributed by atoms with van der Waals surface area (Å²) in [6.45, 7) is 0.370. The molecular weight excluding hydrogens is 366 g/mol. The molecular formula is C16H16ClN3O2S2. The predicted molar refractivity (Wildman–Crippen MR) is 99.9 cm³/mol. The molecule has 1 aromatic carbocycles. The van der Waals surface area contributed by atoms with E-state index in [2.05, 4.69) is 10.3 Å². The van der Waals surface area contributed by atoms with Crippen LogP contribution >= 0.6 is 34.7 Å². The third kappa shape index (κ3) is 3.91. The second kappa shape index (κ2) is 7.55. The Bertz CT molecular complexity index is 748. The average molecular weight is 382 g/mol. The number of nitrogens with zero attached hydrogens (tertiary/aromatic N) is 2.